The molecule has 0 fully saturated rings. The molecule has 1 aromatic carbocycles. The number of aryl methyl sites for hydroxylation is 1. The van der Waals surface area contributed by atoms with Crippen LogP contribution < -0.4 is 10.1 Å². The van der Waals surface area contributed by atoms with Crippen molar-refractivity contribution in [3.63, 3.8) is 0 Å². The third kappa shape index (κ3) is 3.09. The van der Waals surface area contributed by atoms with E-state index in [1.165, 1.54) is 22.0 Å². The fourth-order valence-electron chi connectivity index (χ4n) is 3.03. The van der Waals surface area contributed by atoms with Crippen LogP contribution in [0.3, 0.4) is 0 Å². The van der Waals surface area contributed by atoms with E-state index in [-0.39, 0.29) is 0 Å². The van der Waals surface area contributed by atoms with E-state index in [0.29, 0.717) is 12.0 Å². The first-order valence-electron chi connectivity index (χ1n) is 7.53. The SMILES string of the molecule is CCNC(CC1CCOc2ccccc21)c1snnc1C. The molecular weight excluding hydrogens is 282 g/mol. The highest BCUT2D eigenvalue weighted by atomic mass is 32.1. The zero-order valence-corrected chi connectivity index (χ0v) is 13.3. The van der Waals surface area contributed by atoms with E-state index < -0.39 is 0 Å². The van der Waals surface area contributed by atoms with E-state index in [1.807, 2.05) is 13.0 Å². The first-order valence-corrected chi connectivity index (χ1v) is 8.31. The highest BCUT2D eigenvalue weighted by molar-refractivity contribution is 7.05. The first kappa shape index (κ1) is 14.5. The molecule has 2 atom stereocenters. The van der Waals surface area contributed by atoms with Crippen LogP contribution in [0, 0.1) is 6.92 Å². The fourth-order valence-corrected chi connectivity index (χ4v) is 3.76. The van der Waals surface area contributed by atoms with Gasteiger partial charge in [0, 0.05) is 6.04 Å². The van der Waals surface area contributed by atoms with Gasteiger partial charge in [0.1, 0.15) is 5.75 Å². The molecule has 0 saturated heterocycles. The monoisotopic (exact) mass is 303 g/mol. The lowest BCUT2D eigenvalue weighted by atomic mass is 9.87. The van der Waals surface area contributed by atoms with Gasteiger partial charge in [-0.1, -0.05) is 29.6 Å². The highest BCUT2D eigenvalue weighted by Crippen LogP contribution is 2.39. The molecule has 2 unspecified atom stereocenters. The van der Waals surface area contributed by atoms with Crippen LogP contribution in [0.2, 0.25) is 0 Å². The molecule has 1 aliphatic rings. The van der Waals surface area contributed by atoms with Gasteiger partial charge in [-0.15, -0.1) is 5.10 Å². The van der Waals surface area contributed by atoms with Gasteiger partial charge in [-0.25, -0.2) is 0 Å². The Balaban J connectivity index is 1.83. The Morgan fingerprint density at radius 1 is 1.43 bits per heavy atom. The van der Waals surface area contributed by atoms with Gasteiger partial charge >= 0.3 is 0 Å². The average Bonchev–Trinajstić information content (AvgIpc) is 2.93. The van der Waals surface area contributed by atoms with Crippen molar-refractivity contribution in [2.75, 3.05) is 13.2 Å². The summed E-state index contributed by atoms with van der Waals surface area (Å²) in [5, 5.41) is 7.75. The van der Waals surface area contributed by atoms with Crippen molar-refractivity contribution in [2.45, 2.75) is 38.6 Å². The maximum absolute atomic E-state index is 5.77. The molecule has 0 aliphatic carbocycles. The second-order valence-corrected chi connectivity index (χ2v) is 6.23. The van der Waals surface area contributed by atoms with Gasteiger partial charge in [-0.3, -0.25) is 0 Å². The summed E-state index contributed by atoms with van der Waals surface area (Å²) in [7, 11) is 0. The Labute approximate surface area is 129 Å². The van der Waals surface area contributed by atoms with Gasteiger partial charge in [0.25, 0.3) is 0 Å². The van der Waals surface area contributed by atoms with Crippen LogP contribution in [0.1, 0.15) is 47.9 Å². The molecule has 0 radical (unpaired) electrons. The van der Waals surface area contributed by atoms with Crippen LogP contribution in [0.4, 0.5) is 0 Å². The van der Waals surface area contributed by atoms with Crippen molar-refractivity contribution in [2.24, 2.45) is 0 Å². The number of hydrogen-bond acceptors (Lipinski definition) is 5. The quantitative estimate of drug-likeness (QED) is 0.919. The Bertz CT molecular complexity index is 599. The van der Waals surface area contributed by atoms with Crippen LogP contribution >= 0.6 is 11.5 Å². The van der Waals surface area contributed by atoms with Gasteiger partial charge in [-0.2, -0.15) is 0 Å². The number of ether oxygens (including phenoxy) is 1. The maximum Gasteiger partial charge on any atom is 0.122 e. The van der Waals surface area contributed by atoms with Crippen LogP contribution in [-0.2, 0) is 0 Å². The molecule has 0 bridgehead atoms. The molecule has 1 aliphatic heterocycles. The molecule has 4 nitrogen and oxygen atoms in total. The van der Waals surface area contributed by atoms with Crippen molar-refractivity contribution < 1.29 is 4.74 Å². The van der Waals surface area contributed by atoms with Crippen molar-refractivity contribution in [1.29, 1.82) is 0 Å². The number of nitrogens with one attached hydrogen (secondary N) is 1. The Kier molecular flexibility index (Phi) is 4.51. The molecule has 5 heteroatoms. The highest BCUT2D eigenvalue weighted by Gasteiger charge is 2.26. The second kappa shape index (κ2) is 6.54. The normalized spacial score (nSPS) is 18.9. The van der Waals surface area contributed by atoms with Gasteiger partial charge in [0.05, 0.1) is 17.2 Å². The average molecular weight is 303 g/mol. The van der Waals surface area contributed by atoms with Gasteiger partial charge < -0.3 is 10.1 Å². The number of para-hydroxylation sites is 1. The molecule has 0 spiro atoms. The molecule has 3 rings (SSSR count). The topological polar surface area (TPSA) is 47.0 Å². The van der Waals surface area contributed by atoms with E-state index in [9.17, 15) is 0 Å². The fraction of sp³-hybridized carbons (Fsp3) is 0.500. The summed E-state index contributed by atoms with van der Waals surface area (Å²) in [4.78, 5) is 1.26. The minimum atomic E-state index is 0.325. The van der Waals surface area contributed by atoms with E-state index in [0.717, 1.165) is 37.4 Å². The van der Waals surface area contributed by atoms with Crippen LogP contribution in [0.25, 0.3) is 0 Å². The molecular formula is C16H21N3OS. The maximum atomic E-state index is 5.77. The molecule has 1 aromatic heterocycles. The predicted octanol–water partition coefficient (Wildman–Crippen LogP) is 3.45. The Morgan fingerprint density at radius 2 is 2.29 bits per heavy atom. The van der Waals surface area contributed by atoms with Gasteiger partial charge in [0.2, 0.25) is 0 Å². The number of nitrogens with zero attached hydrogens (tertiary/aromatic N) is 2. The van der Waals surface area contributed by atoms with E-state index in [1.54, 1.807) is 0 Å². The standard InChI is InChI=1S/C16H21N3OS/c1-3-17-14(16-11(2)18-19-21-16)10-12-8-9-20-15-7-5-4-6-13(12)15/h4-7,12,14,17H,3,8-10H2,1-2H3. The molecule has 0 amide bonds. The molecule has 21 heavy (non-hydrogen) atoms. The number of benzene rings is 1. The summed E-state index contributed by atoms with van der Waals surface area (Å²) in [5.74, 6) is 1.57. The first-order chi connectivity index (χ1) is 10.3. The number of aromatic nitrogens is 2. The largest absolute Gasteiger partial charge is 0.493 e. The number of hydrogen-bond donors (Lipinski definition) is 1. The Morgan fingerprint density at radius 3 is 3.05 bits per heavy atom. The van der Waals surface area contributed by atoms with E-state index in [2.05, 4.69) is 40.0 Å². The van der Waals surface area contributed by atoms with Crippen molar-refractivity contribution in [1.82, 2.24) is 14.9 Å². The summed E-state index contributed by atoms with van der Waals surface area (Å²) in [6.45, 7) is 5.95. The zero-order chi connectivity index (χ0) is 14.7. The van der Waals surface area contributed by atoms with Crippen LogP contribution in [0.5, 0.6) is 5.75 Å². The number of rotatable bonds is 5. The molecule has 1 N–H and O–H groups in total. The summed E-state index contributed by atoms with van der Waals surface area (Å²) in [6.07, 6.45) is 2.14. The lowest BCUT2D eigenvalue weighted by Crippen LogP contribution is -2.25. The lowest BCUT2D eigenvalue weighted by Gasteiger charge is -2.29. The van der Waals surface area contributed by atoms with Gasteiger partial charge in [0.15, 0.2) is 0 Å². The molecule has 112 valence electrons. The molecule has 2 aromatic rings. The predicted molar refractivity (Wildman–Crippen MR) is 85.0 cm³/mol. The zero-order valence-electron chi connectivity index (χ0n) is 12.5. The summed E-state index contributed by atoms with van der Waals surface area (Å²) < 4.78 is 9.86. The van der Waals surface area contributed by atoms with E-state index in [4.69, 9.17) is 4.74 Å². The van der Waals surface area contributed by atoms with E-state index >= 15 is 0 Å². The number of fused-ring (bicyclic) bond motifs is 1. The van der Waals surface area contributed by atoms with Gasteiger partial charge in [-0.05, 0) is 55.4 Å². The molecule has 2 heterocycles. The second-order valence-electron chi connectivity index (χ2n) is 5.44. The summed E-state index contributed by atoms with van der Waals surface area (Å²) in [6, 6.07) is 8.73. The lowest BCUT2D eigenvalue weighted by molar-refractivity contribution is 0.255. The smallest absolute Gasteiger partial charge is 0.122 e. The summed E-state index contributed by atoms with van der Waals surface area (Å²) >= 11 is 1.51. The minimum absolute atomic E-state index is 0.325. The Hall–Kier alpha value is -1.46. The van der Waals surface area contributed by atoms with Crippen LogP contribution in [-0.4, -0.2) is 22.7 Å². The third-order valence-corrected chi connectivity index (χ3v) is 5.00. The summed E-state index contributed by atoms with van der Waals surface area (Å²) in [5.41, 5.74) is 2.38. The van der Waals surface area contributed by atoms with Crippen molar-refractivity contribution in [3.8, 4) is 5.75 Å². The minimum Gasteiger partial charge on any atom is -0.493 e. The third-order valence-electron chi connectivity index (χ3n) is 4.06. The van der Waals surface area contributed by atoms with Crippen molar-refractivity contribution >= 4 is 11.5 Å². The molecule has 0 saturated carbocycles. The van der Waals surface area contributed by atoms with Crippen molar-refractivity contribution in [3.05, 3.63) is 40.4 Å². The van der Waals surface area contributed by atoms with Crippen LogP contribution in [0.15, 0.2) is 24.3 Å².